The number of amides is 1. The molecule has 2 saturated carbocycles. The molecule has 110 valence electrons. The first-order valence-corrected chi connectivity index (χ1v) is 7.99. The van der Waals surface area contributed by atoms with Crippen molar-refractivity contribution < 1.29 is 4.79 Å². The van der Waals surface area contributed by atoms with E-state index in [0.29, 0.717) is 17.7 Å². The average molecular weight is 266 g/mol. The zero-order chi connectivity index (χ0) is 14.0. The minimum atomic E-state index is 0.151. The number of carbonyl (C=O) groups is 1. The van der Waals surface area contributed by atoms with Gasteiger partial charge in [-0.3, -0.25) is 4.79 Å². The predicted octanol–water partition coefficient (Wildman–Crippen LogP) is 2.64. The fourth-order valence-corrected chi connectivity index (χ4v) is 3.98. The first kappa shape index (κ1) is 14.8. The first-order valence-electron chi connectivity index (χ1n) is 7.99. The van der Waals surface area contributed by atoms with E-state index in [0.717, 1.165) is 25.3 Å². The Balaban J connectivity index is 1.90. The average Bonchev–Trinajstić information content (AvgIpc) is 2.85. The molecule has 1 amide bonds. The molecule has 0 aromatic rings. The van der Waals surface area contributed by atoms with Crippen LogP contribution in [0, 0.1) is 23.7 Å². The summed E-state index contributed by atoms with van der Waals surface area (Å²) in [6, 6.07) is 0.199. The summed E-state index contributed by atoms with van der Waals surface area (Å²) in [6.45, 7) is 5.38. The van der Waals surface area contributed by atoms with Crippen LogP contribution < -0.4 is 5.73 Å². The monoisotopic (exact) mass is 266 g/mol. The Morgan fingerprint density at radius 2 is 1.79 bits per heavy atom. The van der Waals surface area contributed by atoms with Crippen LogP contribution in [0.5, 0.6) is 0 Å². The molecule has 0 saturated heterocycles. The van der Waals surface area contributed by atoms with Crippen LogP contribution >= 0.6 is 0 Å². The van der Waals surface area contributed by atoms with E-state index in [1.807, 2.05) is 11.9 Å². The van der Waals surface area contributed by atoms with E-state index < -0.39 is 0 Å². The third-order valence-electron chi connectivity index (χ3n) is 5.39. The Morgan fingerprint density at radius 3 is 2.42 bits per heavy atom. The second-order valence-electron chi connectivity index (χ2n) is 7.07. The second kappa shape index (κ2) is 6.25. The number of hydrogen-bond donors (Lipinski definition) is 1. The van der Waals surface area contributed by atoms with E-state index >= 15 is 0 Å². The zero-order valence-electron chi connectivity index (χ0n) is 12.8. The van der Waals surface area contributed by atoms with Gasteiger partial charge in [0, 0.05) is 25.6 Å². The number of rotatable bonds is 3. The van der Waals surface area contributed by atoms with Gasteiger partial charge in [-0.15, -0.1) is 0 Å². The normalized spacial score (nSPS) is 36.4. The van der Waals surface area contributed by atoms with E-state index in [2.05, 4.69) is 13.8 Å². The van der Waals surface area contributed by atoms with Gasteiger partial charge in [0.2, 0.25) is 5.91 Å². The maximum Gasteiger partial charge on any atom is 0.225 e. The van der Waals surface area contributed by atoms with Gasteiger partial charge in [-0.25, -0.2) is 0 Å². The minimum Gasteiger partial charge on any atom is -0.345 e. The summed E-state index contributed by atoms with van der Waals surface area (Å²) in [4.78, 5) is 14.6. The summed E-state index contributed by atoms with van der Waals surface area (Å²) in [5.41, 5.74) is 6.16. The molecule has 19 heavy (non-hydrogen) atoms. The highest BCUT2D eigenvalue weighted by atomic mass is 16.2. The summed E-state index contributed by atoms with van der Waals surface area (Å²) in [7, 11) is 1.98. The molecule has 0 aromatic heterocycles. The fourth-order valence-electron chi connectivity index (χ4n) is 3.98. The minimum absolute atomic E-state index is 0.151. The Bertz CT molecular complexity index is 312. The summed E-state index contributed by atoms with van der Waals surface area (Å²) in [5, 5.41) is 0. The lowest BCUT2D eigenvalue weighted by Gasteiger charge is -2.38. The van der Waals surface area contributed by atoms with E-state index in [1.54, 1.807) is 0 Å². The van der Waals surface area contributed by atoms with Crippen molar-refractivity contribution in [2.45, 2.75) is 58.4 Å². The zero-order valence-corrected chi connectivity index (χ0v) is 12.8. The van der Waals surface area contributed by atoms with Crippen LogP contribution in [0.15, 0.2) is 0 Å². The van der Waals surface area contributed by atoms with Crippen LogP contribution in [-0.2, 0) is 4.79 Å². The fraction of sp³-hybridized carbons (Fsp3) is 0.938. The van der Waals surface area contributed by atoms with Gasteiger partial charge in [0.05, 0.1) is 0 Å². The summed E-state index contributed by atoms with van der Waals surface area (Å²) in [6.07, 6.45) is 7.25. The highest BCUT2D eigenvalue weighted by molar-refractivity contribution is 5.79. The van der Waals surface area contributed by atoms with E-state index in [9.17, 15) is 4.79 Å². The maximum atomic E-state index is 12.6. The van der Waals surface area contributed by atoms with E-state index in [1.165, 1.54) is 25.7 Å². The van der Waals surface area contributed by atoms with Crippen molar-refractivity contribution in [1.82, 2.24) is 4.90 Å². The van der Waals surface area contributed by atoms with Crippen LogP contribution in [0.25, 0.3) is 0 Å². The molecular formula is C16H30N2O. The Hall–Kier alpha value is -0.570. The van der Waals surface area contributed by atoms with Gasteiger partial charge in [-0.2, -0.15) is 0 Å². The largest absolute Gasteiger partial charge is 0.345 e. The molecule has 2 aliphatic carbocycles. The van der Waals surface area contributed by atoms with Crippen LogP contribution in [0.4, 0.5) is 0 Å². The highest BCUT2D eigenvalue weighted by Gasteiger charge is 2.36. The number of nitrogens with two attached hydrogens (primary N) is 1. The molecule has 0 aromatic carbocycles. The molecule has 2 rings (SSSR count). The Morgan fingerprint density at radius 1 is 1.16 bits per heavy atom. The van der Waals surface area contributed by atoms with E-state index in [-0.39, 0.29) is 12.0 Å². The van der Waals surface area contributed by atoms with Crippen LogP contribution in [0.3, 0.4) is 0 Å². The lowest BCUT2D eigenvalue weighted by Crippen LogP contribution is -2.46. The van der Waals surface area contributed by atoms with Gasteiger partial charge in [0.25, 0.3) is 0 Å². The lowest BCUT2D eigenvalue weighted by molar-refractivity contribution is -0.138. The number of hydrogen-bond acceptors (Lipinski definition) is 2. The van der Waals surface area contributed by atoms with Crippen LogP contribution in [0.1, 0.15) is 52.4 Å². The molecule has 0 heterocycles. The molecule has 0 radical (unpaired) electrons. The summed E-state index contributed by atoms with van der Waals surface area (Å²) in [5.74, 6) is 2.26. The predicted molar refractivity (Wildman–Crippen MR) is 78.6 cm³/mol. The van der Waals surface area contributed by atoms with Crippen LogP contribution in [0.2, 0.25) is 0 Å². The topological polar surface area (TPSA) is 46.3 Å². The molecule has 0 spiro atoms. The van der Waals surface area contributed by atoms with Crippen molar-refractivity contribution in [3.05, 3.63) is 0 Å². The Kier molecular flexibility index (Phi) is 4.88. The third-order valence-corrected chi connectivity index (χ3v) is 5.39. The van der Waals surface area contributed by atoms with Gasteiger partial charge in [0.1, 0.15) is 0 Å². The second-order valence-corrected chi connectivity index (χ2v) is 7.07. The van der Waals surface area contributed by atoms with Crippen LogP contribution in [-0.4, -0.2) is 30.4 Å². The molecular weight excluding hydrogens is 236 g/mol. The number of carbonyl (C=O) groups excluding carboxylic acids is 1. The standard InChI is InChI=1S/C16H30N2O/c1-11-8-12(2)15(17)9-14(11)16(19)18(3)10-13-6-4-5-7-13/h11-15H,4-10,17H2,1-3H3. The van der Waals surface area contributed by atoms with Crippen molar-refractivity contribution in [2.75, 3.05) is 13.6 Å². The molecule has 4 unspecified atom stereocenters. The third kappa shape index (κ3) is 3.50. The Labute approximate surface area is 117 Å². The maximum absolute atomic E-state index is 12.6. The summed E-state index contributed by atoms with van der Waals surface area (Å²) < 4.78 is 0. The smallest absolute Gasteiger partial charge is 0.225 e. The first-order chi connectivity index (χ1) is 8.99. The van der Waals surface area contributed by atoms with Crippen molar-refractivity contribution in [3.63, 3.8) is 0 Å². The molecule has 0 bridgehead atoms. The van der Waals surface area contributed by atoms with Gasteiger partial charge in [-0.1, -0.05) is 26.7 Å². The molecule has 0 aliphatic heterocycles. The molecule has 3 heteroatoms. The number of nitrogens with zero attached hydrogens (tertiary/aromatic N) is 1. The molecule has 2 fully saturated rings. The van der Waals surface area contributed by atoms with Crippen molar-refractivity contribution in [2.24, 2.45) is 29.4 Å². The van der Waals surface area contributed by atoms with Gasteiger partial charge >= 0.3 is 0 Å². The molecule has 2 N–H and O–H groups in total. The van der Waals surface area contributed by atoms with E-state index in [4.69, 9.17) is 5.73 Å². The quantitative estimate of drug-likeness (QED) is 0.853. The van der Waals surface area contributed by atoms with Gasteiger partial charge in [0.15, 0.2) is 0 Å². The van der Waals surface area contributed by atoms with Crippen molar-refractivity contribution in [3.8, 4) is 0 Å². The SMILES string of the molecule is CC1CC(C)C(C(=O)N(C)CC2CCCC2)CC1N. The van der Waals surface area contributed by atoms with Crippen molar-refractivity contribution >= 4 is 5.91 Å². The molecule has 4 atom stereocenters. The van der Waals surface area contributed by atoms with Gasteiger partial charge in [-0.05, 0) is 43.4 Å². The van der Waals surface area contributed by atoms with Gasteiger partial charge < -0.3 is 10.6 Å². The lowest BCUT2D eigenvalue weighted by atomic mass is 9.72. The van der Waals surface area contributed by atoms with Crippen molar-refractivity contribution in [1.29, 1.82) is 0 Å². The summed E-state index contributed by atoms with van der Waals surface area (Å²) >= 11 is 0. The molecule has 3 nitrogen and oxygen atoms in total. The highest BCUT2D eigenvalue weighted by Crippen LogP contribution is 2.34. The molecule has 2 aliphatic rings.